The largest absolute Gasteiger partial charge is 0.394 e. The zero-order chi connectivity index (χ0) is 13.5. The molecule has 100 valence electrons. The summed E-state index contributed by atoms with van der Waals surface area (Å²) in [7, 11) is 0. The molecule has 0 spiro atoms. The highest BCUT2D eigenvalue weighted by molar-refractivity contribution is 6.30. The maximum atomic E-state index is 11.6. The molecular weight excluding hydrogens is 250 g/mol. The van der Waals surface area contributed by atoms with Crippen LogP contribution in [0, 0.1) is 5.92 Å². The molecule has 2 N–H and O–H groups in total. The minimum Gasteiger partial charge on any atom is -0.394 e. The smallest absolute Gasteiger partial charge is 0.220 e. The van der Waals surface area contributed by atoms with Gasteiger partial charge < -0.3 is 10.4 Å². The average Bonchev–Trinajstić information content (AvgIpc) is 2.31. The van der Waals surface area contributed by atoms with E-state index in [0.717, 1.165) is 11.4 Å². The lowest BCUT2D eigenvalue weighted by molar-refractivity contribution is -0.122. The number of hydrogen-bond acceptors (Lipinski definition) is 2. The van der Waals surface area contributed by atoms with E-state index in [9.17, 15) is 4.79 Å². The quantitative estimate of drug-likeness (QED) is 0.833. The molecule has 0 aliphatic heterocycles. The summed E-state index contributed by atoms with van der Waals surface area (Å²) >= 11 is 5.82. The zero-order valence-corrected chi connectivity index (χ0v) is 11.6. The van der Waals surface area contributed by atoms with Crippen molar-refractivity contribution in [1.29, 1.82) is 0 Å². The second-order valence-electron chi connectivity index (χ2n) is 4.79. The number of hydrogen-bond donors (Lipinski definition) is 2. The molecule has 1 aromatic carbocycles. The molecule has 0 saturated carbocycles. The number of benzene rings is 1. The maximum absolute atomic E-state index is 11.6. The first kappa shape index (κ1) is 15.0. The fourth-order valence-corrected chi connectivity index (χ4v) is 1.92. The van der Waals surface area contributed by atoms with E-state index in [4.69, 9.17) is 16.7 Å². The third-order valence-electron chi connectivity index (χ3n) is 2.71. The maximum Gasteiger partial charge on any atom is 0.220 e. The molecule has 2 unspecified atom stereocenters. The van der Waals surface area contributed by atoms with E-state index < -0.39 is 0 Å². The van der Waals surface area contributed by atoms with Gasteiger partial charge in [-0.05, 0) is 37.0 Å². The normalized spacial score (nSPS) is 14.0. The summed E-state index contributed by atoms with van der Waals surface area (Å²) in [6.45, 7) is 3.79. The predicted octanol–water partition coefficient (Wildman–Crippen LogP) is 2.41. The van der Waals surface area contributed by atoms with Gasteiger partial charge in [0.15, 0.2) is 0 Å². The fraction of sp³-hybridized carbons (Fsp3) is 0.500. The second-order valence-corrected chi connectivity index (χ2v) is 5.23. The molecule has 1 rings (SSSR count). The topological polar surface area (TPSA) is 49.3 Å². The number of halogens is 1. The molecule has 18 heavy (non-hydrogen) atoms. The van der Waals surface area contributed by atoms with Crippen molar-refractivity contribution in [3.63, 3.8) is 0 Å². The molecular formula is C14H20ClNO2. The van der Waals surface area contributed by atoms with Crippen molar-refractivity contribution in [2.75, 3.05) is 6.61 Å². The Hall–Kier alpha value is -1.06. The predicted molar refractivity (Wildman–Crippen MR) is 73.6 cm³/mol. The highest BCUT2D eigenvalue weighted by atomic mass is 35.5. The highest BCUT2D eigenvalue weighted by Crippen LogP contribution is 2.15. The number of aliphatic hydroxyl groups excluding tert-OH is 1. The Morgan fingerprint density at radius 3 is 2.50 bits per heavy atom. The molecule has 2 atom stereocenters. The minimum atomic E-state index is -0.180. The zero-order valence-electron chi connectivity index (χ0n) is 10.8. The fourth-order valence-electron chi connectivity index (χ4n) is 1.79. The highest BCUT2D eigenvalue weighted by Gasteiger charge is 2.11. The molecule has 0 aliphatic rings. The van der Waals surface area contributed by atoms with E-state index in [-0.39, 0.29) is 24.5 Å². The van der Waals surface area contributed by atoms with Crippen LogP contribution in [0.5, 0.6) is 0 Å². The van der Waals surface area contributed by atoms with Gasteiger partial charge in [-0.2, -0.15) is 0 Å². The van der Waals surface area contributed by atoms with E-state index in [1.165, 1.54) is 5.56 Å². The van der Waals surface area contributed by atoms with Gasteiger partial charge in [-0.3, -0.25) is 4.79 Å². The molecule has 0 fully saturated rings. The third kappa shape index (κ3) is 5.52. The molecule has 0 radical (unpaired) electrons. The van der Waals surface area contributed by atoms with Crippen LogP contribution in [-0.2, 0) is 11.2 Å². The Kier molecular flexibility index (Phi) is 6.16. The Balaban J connectivity index is 2.39. The van der Waals surface area contributed by atoms with Crippen LogP contribution in [0.15, 0.2) is 24.3 Å². The summed E-state index contributed by atoms with van der Waals surface area (Å²) in [4.78, 5) is 11.6. The Labute approximate surface area is 113 Å². The number of amides is 1. The lowest BCUT2D eigenvalue weighted by Gasteiger charge is -2.14. The standard InChI is InChI=1S/C14H20ClNO2/c1-10(8-14(18)16-11(2)9-17)7-12-3-5-13(15)6-4-12/h3-6,10-11,17H,7-9H2,1-2H3,(H,16,18). The lowest BCUT2D eigenvalue weighted by Crippen LogP contribution is -2.35. The molecule has 0 heterocycles. The Morgan fingerprint density at radius 2 is 1.94 bits per heavy atom. The van der Waals surface area contributed by atoms with Crippen molar-refractivity contribution in [3.8, 4) is 0 Å². The molecule has 0 saturated heterocycles. The van der Waals surface area contributed by atoms with Crippen molar-refractivity contribution in [2.45, 2.75) is 32.7 Å². The number of carbonyl (C=O) groups excluding carboxylic acids is 1. The van der Waals surface area contributed by atoms with Gasteiger partial charge in [0.1, 0.15) is 0 Å². The van der Waals surface area contributed by atoms with E-state index in [2.05, 4.69) is 5.32 Å². The Morgan fingerprint density at radius 1 is 1.33 bits per heavy atom. The van der Waals surface area contributed by atoms with Crippen molar-refractivity contribution < 1.29 is 9.90 Å². The molecule has 0 aromatic heterocycles. The average molecular weight is 270 g/mol. The van der Waals surface area contributed by atoms with Crippen LogP contribution in [-0.4, -0.2) is 23.7 Å². The summed E-state index contributed by atoms with van der Waals surface area (Å²) in [5.41, 5.74) is 1.18. The van der Waals surface area contributed by atoms with Crippen LogP contribution in [0.1, 0.15) is 25.8 Å². The SMILES string of the molecule is CC(CC(=O)NC(C)CO)Cc1ccc(Cl)cc1. The van der Waals surface area contributed by atoms with Crippen LogP contribution < -0.4 is 5.32 Å². The molecule has 1 amide bonds. The van der Waals surface area contributed by atoms with E-state index in [0.29, 0.717) is 6.42 Å². The van der Waals surface area contributed by atoms with Gasteiger partial charge in [-0.1, -0.05) is 30.7 Å². The van der Waals surface area contributed by atoms with Gasteiger partial charge in [0.05, 0.1) is 6.61 Å². The van der Waals surface area contributed by atoms with E-state index in [1.807, 2.05) is 31.2 Å². The summed E-state index contributed by atoms with van der Waals surface area (Å²) < 4.78 is 0. The van der Waals surface area contributed by atoms with Gasteiger partial charge >= 0.3 is 0 Å². The van der Waals surface area contributed by atoms with Crippen LogP contribution in [0.4, 0.5) is 0 Å². The minimum absolute atomic E-state index is 0.0157. The monoisotopic (exact) mass is 269 g/mol. The number of nitrogens with one attached hydrogen (secondary N) is 1. The van der Waals surface area contributed by atoms with E-state index in [1.54, 1.807) is 6.92 Å². The Bertz CT molecular complexity index is 378. The van der Waals surface area contributed by atoms with Crippen LogP contribution in [0.3, 0.4) is 0 Å². The molecule has 0 bridgehead atoms. The second kappa shape index (κ2) is 7.39. The van der Waals surface area contributed by atoms with Crippen molar-refractivity contribution in [2.24, 2.45) is 5.92 Å². The van der Waals surface area contributed by atoms with Crippen LogP contribution in [0.2, 0.25) is 5.02 Å². The lowest BCUT2D eigenvalue weighted by atomic mass is 9.98. The third-order valence-corrected chi connectivity index (χ3v) is 2.96. The van der Waals surface area contributed by atoms with Crippen molar-refractivity contribution >= 4 is 17.5 Å². The van der Waals surface area contributed by atoms with Gasteiger partial charge in [0.2, 0.25) is 5.91 Å². The summed E-state index contributed by atoms with van der Waals surface area (Å²) in [5.74, 6) is 0.245. The van der Waals surface area contributed by atoms with Crippen molar-refractivity contribution in [3.05, 3.63) is 34.9 Å². The number of rotatable bonds is 6. The van der Waals surface area contributed by atoms with Crippen molar-refractivity contribution in [1.82, 2.24) is 5.32 Å². The first-order valence-electron chi connectivity index (χ1n) is 6.16. The molecule has 0 aliphatic carbocycles. The van der Waals surface area contributed by atoms with Gasteiger partial charge in [0.25, 0.3) is 0 Å². The molecule has 1 aromatic rings. The number of aliphatic hydroxyl groups is 1. The number of carbonyl (C=O) groups is 1. The summed E-state index contributed by atoms with van der Waals surface area (Å²) in [6, 6.07) is 7.50. The van der Waals surface area contributed by atoms with Crippen LogP contribution >= 0.6 is 11.6 Å². The molecule has 4 heteroatoms. The van der Waals surface area contributed by atoms with Crippen LogP contribution in [0.25, 0.3) is 0 Å². The summed E-state index contributed by atoms with van der Waals surface area (Å²) in [6.07, 6.45) is 1.31. The summed E-state index contributed by atoms with van der Waals surface area (Å²) in [5, 5.41) is 12.3. The van der Waals surface area contributed by atoms with Gasteiger partial charge in [-0.15, -0.1) is 0 Å². The van der Waals surface area contributed by atoms with Gasteiger partial charge in [-0.25, -0.2) is 0 Å². The van der Waals surface area contributed by atoms with E-state index >= 15 is 0 Å². The van der Waals surface area contributed by atoms with Gasteiger partial charge in [0, 0.05) is 17.5 Å². The first-order valence-corrected chi connectivity index (χ1v) is 6.53. The first-order chi connectivity index (χ1) is 8.51. The molecule has 3 nitrogen and oxygen atoms in total.